The summed E-state index contributed by atoms with van der Waals surface area (Å²) in [6, 6.07) is 15.8. The highest BCUT2D eigenvalue weighted by molar-refractivity contribution is 8.15. The molecule has 25 heavy (non-hydrogen) atoms. The predicted molar refractivity (Wildman–Crippen MR) is 111 cm³/mol. The van der Waals surface area contributed by atoms with Crippen molar-refractivity contribution in [1.29, 1.82) is 5.26 Å². The molecule has 1 aliphatic heterocycles. The molecule has 0 unspecified atom stereocenters. The van der Waals surface area contributed by atoms with E-state index in [4.69, 9.17) is 5.26 Å². The lowest BCUT2D eigenvalue weighted by Crippen LogP contribution is -2.17. The van der Waals surface area contributed by atoms with Crippen molar-refractivity contribution in [3.05, 3.63) is 64.2 Å². The molecule has 0 aromatic heterocycles. The van der Waals surface area contributed by atoms with E-state index in [0.717, 1.165) is 18.1 Å². The topological polar surface area (TPSA) is 27.0 Å². The molecule has 0 radical (unpaired) electrons. The molecule has 0 saturated heterocycles. The zero-order valence-electron chi connectivity index (χ0n) is 15.1. The predicted octanol–water partition coefficient (Wildman–Crippen LogP) is 5.83. The minimum atomic E-state index is 0.478. The number of rotatable bonds is 4. The summed E-state index contributed by atoms with van der Waals surface area (Å²) in [7, 11) is 2.04. The maximum absolute atomic E-state index is 8.73. The van der Waals surface area contributed by atoms with Crippen molar-refractivity contribution >= 4 is 29.2 Å². The van der Waals surface area contributed by atoms with Crippen LogP contribution in [0.2, 0.25) is 0 Å². The van der Waals surface area contributed by atoms with E-state index in [0.29, 0.717) is 11.0 Å². The Morgan fingerprint density at radius 2 is 1.60 bits per heavy atom. The van der Waals surface area contributed by atoms with E-state index in [9.17, 15) is 0 Å². The number of nitriles is 1. The lowest BCUT2D eigenvalue weighted by atomic mass is 10.0. The normalized spacial score (nSPS) is 14.5. The monoisotopic (exact) mass is 368 g/mol. The molecule has 2 aromatic rings. The number of benzene rings is 2. The third-order valence-electron chi connectivity index (χ3n) is 4.76. The molecule has 130 valence electrons. The summed E-state index contributed by atoms with van der Waals surface area (Å²) in [5.74, 6) is 2.16. The van der Waals surface area contributed by atoms with Gasteiger partial charge >= 0.3 is 0 Å². The second-order valence-electron chi connectivity index (χ2n) is 6.58. The van der Waals surface area contributed by atoms with Crippen LogP contribution in [0.15, 0.2) is 36.4 Å². The molecule has 3 rings (SSSR count). The quantitative estimate of drug-likeness (QED) is 0.678. The van der Waals surface area contributed by atoms with Crippen LogP contribution >= 0.6 is 23.5 Å². The summed E-state index contributed by atoms with van der Waals surface area (Å²) in [5.41, 5.74) is 8.35. The van der Waals surface area contributed by atoms with Crippen LogP contribution in [0, 0.1) is 25.2 Å². The SMILES string of the molecule is Cc1cc2c(cc1C)CSC(c1ccc(N(C)CCC#N)cc1)SC2. The standard InChI is InChI=1S/C21H24N2S2/c1-15-11-18-13-24-21(25-14-19(18)12-16(15)2)17-5-7-20(8-6-17)23(3)10-4-9-22/h5-8,11-12,21H,4,10,13-14H2,1-3H3. The molecule has 0 saturated carbocycles. The molecular formula is C21H24N2S2. The second kappa shape index (κ2) is 8.21. The van der Waals surface area contributed by atoms with E-state index in [1.165, 1.54) is 33.5 Å². The highest BCUT2D eigenvalue weighted by Crippen LogP contribution is 2.46. The largest absolute Gasteiger partial charge is 0.374 e. The Morgan fingerprint density at radius 3 is 2.12 bits per heavy atom. The van der Waals surface area contributed by atoms with Gasteiger partial charge in [-0.3, -0.25) is 0 Å². The van der Waals surface area contributed by atoms with Crippen molar-refractivity contribution in [2.75, 3.05) is 18.5 Å². The van der Waals surface area contributed by atoms with Crippen LogP contribution in [0.5, 0.6) is 0 Å². The average molecular weight is 369 g/mol. The Hall–Kier alpha value is -1.57. The maximum atomic E-state index is 8.73. The Morgan fingerprint density at radius 1 is 1.04 bits per heavy atom. The molecule has 0 N–H and O–H groups in total. The first-order valence-corrected chi connectivity index (χ1v) is 10.7. The number of fused-ring (bicyclic) bond motifs is 1. The molecule has 2 aromatic carbocycles. The lowest BCUT2D eigenvalue weighted by Gasteiger charge is -2.19. The highest BCUT2D eigenvalue weighted by Gasteiger charge is 2.19. The fraction of sp³-hybridized carbons (Fsp3) is 0.381. The summed E-state index contributed by atoms with van der Waals surface area (Å²) in [6.45, 7) is 5.19. The van der Waals surface area contributed by atoms with Crippen LogP contribution in [-0.4, -0.2) is 13.6 Å². The fourth-order valence-electron chi connectivity index (χ4n) is 3.01. The molecule has 0 amide bonds. The summed E-state index contributed by atoms with van der Waals surface area (Å²) < 4.78 is 0.478. The zero-order valence-corrected chi connectivity index (χ0v) is 16.7. The summed E-state index contributed by atoms with van der Waals surface area (Å²) in [6.07, 6.45) is 0.559. The molecule has 0 bridgehead atoms. The molecule has 0 spiro atoms. The van der Waals surface area contributed by atoms with Crippen LogP contribution in [-0.2, 0) is 11.5 Å². The molecular weight excluding hydrogens is 344 g/mol. The van der Waals surface area contributed by atoms with Crippen LogP contribution < -0.4 is 4.90 Å². The van der Waals surface area contributed by atoms with Gasteiger partial charge in [0.1, 0.15) is 0 Å². The minimum absolute atomic E-state index is 0.478. The van der Waals surface area contributed by atoms with Gasteiger partial charge in [-0.25, -0.2) is 0 Å². The Labute approximate surface area is 159 Å². The molecule has 0 atom stereocenters. The summed E-state index contributed by atoms with van der Waals surface area (Å²) >= 11 is 4.06. The van der Waals surface area contributed by atoms with Crippen LogP contribution in [0.4, 0.5) is 5.69 Å². The van der Waals surface area contributed by atoms with Gasteiger partial charge in [-0.2, -0.15) is 5.26 Å². The van der Waals surface area contributed by atoms with Crippen molar-refractivity contribution in [2.45, 2.75) is 36.4 Å². The van der Waals surface area contributed by atoms with Gasteiger partial charge in [0, 0.05) is 30.8 Å². The van der Waals surface area contributed by atoms with Crippen molar-refractivity contribution < 1.29 is 0 Å². The van der Waals surface area contributed by atoms with E-state index in [2.05, 4.69) is 61.2 Å². The van der Waals surface area contributed by atoms with Crippen molar-refractivity contribution in [1.82, 2.24) is 0 Å². The van der Waals surface area contributed by atoms with Gasteiger partial charge in [0.25, 0.3) is 0 Å². The van der Waals surface area contributed by atoms with Crippen molar-refractivity contribution in [3.8, 4) is 6.07 Å². The molecule has 1 aliphatic rings. The lowest BCUT2D eigenvalue weighted by molar-refractivity contribution is 0.905. The van der Waals surface area contributed by atoms with E-state index >= 15 is 0 Å². The van der Waals surface area contributed by atoms with Crippen molar-refractivity contribution in [3.63, 3.8) is 0 Å². The van der Waals surface area contributed by atoms with Crippen LogP contribution in [0.3, 0.4) is 0 Å². The van der Waals surface area contributed by atoms with E-state index in [-0.39, 0.29) is 0 Å². The number of aryl methyl sites for hydroxylation is 2. The van der Waals surface area contributed by atoms with Gasteiger partial charge in [-0.1, -0.05) is 24.3 Å². The van der Waals surface area contributed by atoms with Gasteiger partial charge in [0.15, 0.2) is 0 Å². The molecule has 2 nitrogen and oxygen atoms in total. The average Bonchev–Trinajstić information content (AvgIpc) is 2.83. The van der Waals surface area contributed by atoms with E-state index in [1.807, 2.05) is 30.6 Å². The van der Waals surface area contributed by atoms with Gasteiger partial charge in [-0.05, 0) is 53.8 Å². The van der Waals surface area contributed by atoms with Gasteiger partial charge in [-0.15, -0.1) is 23.5 Å². The Balaban J connectivity index is 1.70. The third-order valence-corrected chi connectivity index (χ3v) is 7.68. The second-order valence-corrected chi connectivity index (χ2v) is 9.07. The number of anilines is 1. The first-order chi connectivity index (χ1) is 12.1. The summed E-state index contributed by atoms with van der Waals surface area (Å²) in [4.78, 5) is 2.14. The van der Waals surface area contributed by atoms with E-state index < -0.39 is 0 Å². The first kappa shape index (κ1) is 18.2. The third kappa shape index (κ3) is 4.34. The van der Waals surface area contributed by atoms with E-state index in [1.54, 1.807) is 0 Å². The molecule has 4 heteroatoms. The van der Waals surface area contributed by atoms with Gasteiger partial charge in [0.2, 0.25) is 0 Å². The smallest absolute Gasteiger partial charge is 0.0758 e. The zero-order chi connectivity index (χ0) is 17.8. The fourth-order valence-corrected chi connectivity index (χ4v) is 5.70. The minimum Gasteiger partial charge on any atom is -0.374 e. The van der Waals surface area contributed by atoms with Crippen LogP contribution in [0.25, 0.3) is 0 Å². The molecule has 0 aliphatic carbocycles. The number of thioether (sulfide) groups is 2. The number of hydrogen-bond donors (Lipinski definition) is 0. The maximum Gasteiger partial charge on any atom is 0.0758 e. The number of nitrogens with zero attached hydrogens (tertiary/aromatic N) is 2. The molecule has 0 fully saturated rings. The number of hydrogen-bond acceptors (Lipinski definition) is 4. The van der Waals surface area contributed by atoms with Gasteiger partial charge < -0.3 is 4.90 Å². The van der Waals surface area contributed by atoms with Crippen LogP contribution in [0.1, 0.15) is 38.8 Å². The molecule has 1 heterocycles. The highest BCUT2D eigenvalue weighted by atomic mass is 32.2. The Kier molecular flexibility index (Phi) is 5.98. The summed E-state index contributed by atoms with van der Waals surface area (Å²) in [5, 5.41) is 8.73. The first-order valence-electron chi connectivity index (χ1n) is 8.58. The van der Waals surface area contributed by atoms with Crippen molar-refractivity contribution in [2.24, 2.45) is 0 Å². The Bertz CT molecular complexity index is 745. The van der Waals surface area contributed by atoms with Gasteiger partial charge in [0.05, 0.1) is 17.1 Å².